The maximum absolute atomic E-state index is 13.4. The van der Waals surface area contributed by atoms with E-state index in [0.29, 0.717) is 6.54 Å². The summed E-state index contributed by atoms with van der Waals surface area (Å²) in [6, 6.07) is 12.9. The Morgan fingerprint density at radius 1 is 0.966 bits per heavy atom. The number of nitro groups is 1. The molecule has 2 aromatic rings. The van der Waals surface area contributed by atoms with Crippen LogP contribution in [-0.2, 0) is 9.59 Å². The lowest BCUT2D eigenvalue weighted by atomic mass is 9.90. The molecule has 3 saturated heterocycles. The minimum absolute atomic E-state index is 0.0362. The van der Waals surface area contributed by atoms with E-state index < -0.39 is 16.9 Å². The predicted molar refractivity (Wildman–Crippen MR) is 105 cm³/mol. The molecular weight excluding hydrogens is 396 g/mol. The summed E-state index contributed by atoms with van der Waals surface area (Å²) in [6.07, 6.45) is 0.917. The van der Waals surface area contributed by atoms with Crippen molar-refractivity contribution in [1.82, 2.24) is 10.0 Å². The van der Waals surface area contributed by atoms with Crippen molar-refractivity contribution < 1.29 is 14.5 Å². The first-order valence-corrected chi connectivity index (χ1v) is 9.77. The third kappa shape index (κ3) is 2.60. The Bertz CT molecular complexity index is 1030. The molecule has 9 heteroatoms. The van der Waals surface area contributed by atoms with Crippen molar-refractivity contribution in [1.29, 1.82) is 0 Å². The Morgan fingerprint density at radius 3 is 2.34 bits per heavy atom. The lowest BCUT2D eigenvalue weighted by molar-refractivity contribution is -0.384. The fourth-order valence-corrected chi connectivity index (χ4v) is 4.98. The molecule has 148 valence electrons. The number of halogens is 1. The average molecular weight is 413 g/mol. The number of amides is 2. The van der Waals surface area contributed by atoms with Gasteiger partial charge in [-0.3, -0.25) is 19.7 Å². The minimum atomic E-state index is -0.618. The molecule has 0 aromatic heterocycles. The molecule has 5 rings (SSSR count). The van der Waals surface area contributed by atoms with Gasteiger partial charge in [0, 0.05) is 19.2 Å². The molecule has 0 aliphatic carbocycles. The van der Waals surface area contributed by atoms with Gasteiger partial charge >= 0.3 is 0 Å². The lowest BCUT2D eigenvalue weighted by Gasteiger charge is -2.29. The van der Waals surface area contributed by atoms with Crippen molar-refractivity contribution in [3.8, 4) is 0 Å². The summed E-state index contributed by atoms with van der Waals surface area (Å²) in [5.74, 6) is -1.23. The molecule has 0 spiro atoms. The number of carbonyl (C=O) groups excluding carboxylic acids is 2. The van der Waals surface area contributed by atoms with Crippen LogP contribution in [0.15, 0.2) is 48.5 Å². The van der Waals surface area contributed by atoms with Gasteiger partial charge in [-0.2, -0.15) is 0 Å². The molecule has 3 aliphatic rings. The van der Waals surface area contributed by atoms with Crippen LogP contribution in [0.1, 0.15) is 18.0 Å². The third-order valence-corrected chi connectivity index (χ3v) is 6.25. The summed E-state index contributed by atoms with van der Waals surface area (Å²) in [5, 5.41) is 15.3. The number of rotatable bonds is 3. The molecule has 2 aromatic carbocycles. The first-order chi connectivity index (χ1) is 14.0. The highest BCUT2D eigenvalue weighted by Crippen LogP contribution is 2.49. The number of benzene rings is 2. The summed E-state index contributed by atoms with van der Waals surface area (Å²) in [7, 11) is 0. The highest BCUT2D eigenvalue weighted by molar-refractivity contribution is 6.33. The fourth-order valence-electron chi connectivity index (χ4n) is 4.80. The van der Waals surface area contributed by atoms with E-state index in [1.165, 1.54) is 18.2 Å². The molecular formula is C20H17ClN4O4. The van der Waals surface area contributed by atoms with Crippen molar-refractivity contribution >= 4 is 34.8 Å². The summed E-state index contributed by atoms with van der Waals surface area (Å²) in [6.45, 7) is 1.50. The number of hydrogen-bond acceptors (Lipinski definition) is 6. The van der Waals surface area contributed by atoms with E-state index in [0.717, 1.165) is 23.4 Å². The van der Waals surface area contributed by atoms with Crippen LogP contribution >= 0.6 is 11.6 Å². The number of nitro benzene ring substituents is 1. The van der Waals surface area contributed by atoms with Crippen LogP contribution in [0.2, 0.25) is 5.02 Å². The first kappa shape index (κ1) is 18.2. The van der Waals surface area contributed by atoms with E-state index in [1.807, 2.05) is 35.3 Å². The molecule has 0 unspecified atom stereocenters. The normalized spacial score (nSPS) is 26.8. The molecule has 0 N–H and O–H groups in total. The second kappa shape index (κ2) is 6.62. The van der Waals surface area contributed by atoms with Crippen molar-refractivity contribution in [2.45, 2.75) is 18.5 Å². The van der Waals surface area contributed by atoms with Crippen LogP contribution in [0.4, 0.5) is 11.4 Å². The zero-order valence-electron chi connectivity index (χ0n) is 15.3. The van der Waals surface area contributed by atoms with E-state index >= 15 is 0 Å². The standard InChI is InChI=1S/C20H17ClN4O4/c21-14-8-7-13(11-15(14)25(28)29)24-19(26)16-17(12-5-2-1-3-6-12)22-9-4-10-23(22)18(16)20(24)27/h1-3,5-8,11,16-18H,4,9-10H2/t16-,17-,18+/m1/s1. The topological polar surface area (TPSA) is 87.0 Å². The molecule has 0 bridgehead atoms. The van der Waals surface area contributed by atoms with Gasteiger partial charge in [0.1, 0.15) is 11.1 Å². The summed E-state index contributed by atoms with van der Waals surface area (Å²) >= 11 is 5.90. The van der Waals surface area contributed by atoms with E-state index in [4.69, 9.17) is 11.6 Å². The van der Waals surface area contributed by atoms with Crippen LogP contribution in [0.5, 0.6) is 0 Å². The third-order valence-electron chi connectivity index (χ3n) is 5.93. The molecule has 29 heavy (non-hydrogen) atoms. The number of hydrazine groups is 1. The SMILES string of the molecule is O=C1[C@H]2[C@@H](C(=O)N1c1ccc(Cl)c([N+](=O)[O-])c1)N1CCCN1[C@@H]2c1ccccc1. The smallest absolute Gasteiger partial charge is 0.274 e. The average Bonchev–Trinajstić information content (AvgIpc) is 3.35. The second-order valence-corrected chi connectivity index (χ2v) is 7.82. The van der Waals surface area contributed by atoms with Crippen LogP contribution < -0.4 is 4.90 Å². The number of fused-ring (bicyclic) bond motifs is 3. The van der Waals surface area contributed by atoms with Gasteiger partial charge in [0.2, 0.25) is 5.91 Å². The van der Waals surface area contributed by atoms with Crippen LogP contribution in [-0.4, -0.2) is 45.9 Å². The fraction of sp³-hybridized carbons (Fsp3) is 0.300. The van der Waals surface area contributed by atoms with Crippen LogP contribution in [0.25, 0.3) is 0 Å². The first-order valence-electron chi connectivity index (χ1n) is 9.39. The van der Waals surface area contributed by atoms with Gasteiger partial charge < -0.3 is 0 Å². The zero-order chi connectivity index (χ0) is 20.3. The number of carbonyl (C=O) groups is 2. The van der Waals surface area contributed by atoms with Crippen molar-refractivity contribution in [3.63, 3.8) is 0 Å². The van der Waals surface area contributed by atoms with Gasteiger partial charge in [-0.15, -0.1) is 0 Å². The predicted octanol–water partition coefficient (Wildman–Crippen LogP) is 2.78. The molecule has 0 radical (unpaired) electrons. The van der Waals surface area contributed by atoms with Crippen molar-refractivity contribution in [2.75, 3.05) is 18.0 Å². The van der Waals surface area contributed by atoms with E-state index in [9.17, 15) is 19.7 Å². The van der Waals surface area contributed by atoms with Gasteiger partial charge in [-0.25, -0.2) is 14.9 Å². The largest absolute Gasteiger partial charge is 0.289 e. The molecule has 3 heterocycles. The van der Waals surface area contributed by atoms with Crippen molar-refractivity contribution in [2.24, 2.45) is 5.92 Å². The monoisotopic (exact) mass is 412 g/mol. The molecule has 8 nitrogen and oxygen atoms in total. The van der Waals surface area contributed by atoms with Crippen LogP contribution in [0, 0.1) is 16.0 Å². The molecule has 0 saturated carbocycles. The number of anilines is 1. The highest BCUT2D eigenvalue weighted by atomic mass is 35.5. The Morgan fingerprint density at radius 2 is 1.66 bits per heavy atom. The van der Waals surface area contributed by atoms with Gasteiger partial charge in [0.15, 0.2) is 0 Å². The number of nitrogens with zero attached hydrogens (tertiary/aromatic N) is 4. The van der Waals surface area contributed by atoms with E-state index in [-0.39, 0.29) is 34.3 Å². The second-order valence-electron chi connectivity index (χ2n) is 7.41. The Hall–Kier alpha value is -2.81. The minimum Gasteiger partial charge on any atom is -0.274 e. The Labute approximate surface area is 171 Å². The maximum Gasteiger partial charge on any atom is 0.289 e. The zero-order valence-corrected chi connectivity index (χ0v) is 16.0. The Balaban J connectivity index is 1.58. The van der Waals surface area contributed by atoms with Crippen molar-refractivity contribution in [3.05, 3.63) is 69.2 Å². The molecule has 3 atom stereocenters. The molecule has 3 aliphatic heterocycles. The summed E-state index contributed by atoms with van der Waals surface area (Å²) in [5.41, 5.74) is 0.837. The molecule has 3 fully saturated rings. The molecule has 2 amide bonds. The van der Waals surface area contributed by atoms with Gasteiger partial charge in [-0.05, 0) is 24.1 Å². The maximum atomic E-state index is 13.4. The lowest BCUT2D eigenvalue weighted by Crippen LogP contribution is -2.44. The number of hydrogen-bond donors (Lipinski definition) is 0. The highest BCUT2D eigenvalue weighted by Gasteiger charge is 2.62. The summed E-state index contributed by atoms with van der Waals surface area (Å²) < 4.78 is 0. The number of imide groups is 1. The van der Waals surface area contributed by atoms with Crippen LogP contribution in [0.3, 0.4) is 0 Å². The van der Waals surface area contributed by atoms with Gasteiger partial charge in [0.05, 0.1) is 22.6 Å². The summed E-state index contributed by atoms with van der Waals surface area (Å²) in [4.78, 5) is 38.5. The Kier molecular flexibility index (Phi) is 4.16. The van der Waals surface area contributed by atoms with Gasteiger partial charge in [-0.1, -0.05) is 41.9 Å². The van der Waals surface area contributed by atoms with E-state index in [2.05, 4.69) is 5.01 Å². The quantitative estimate of drug-likeness (QED) is 0.437. The van der Waals surface area contributed by atoms with Gasteiger partial charge in [0.25, 0.3) is 11.6 Å². The van der Waals surface area contributed by atoms with E-state index in [1.54, 1.807) is 0 Å².